The Balaban J connectivity index is 1.50. The molecule has 0 saturated heterocycles. The summed E-state index contributed by atoms with van der Waals surface area (Å²) in [5.41, 5.74) is 2.30. The van der Waals surface area contributed by atoms with Crippen molar-refractivity contribution in [2.24, 2.45) is 10.1 Å². The topological polar surface area (TPSA) is 75.5 Å². The summed E-state index contributed by atoms with van der Waals surface area (Å²) in [6.45, 7) is 2.60. The zero-order chi connectivity index (χ0) is 28.8. The van der Waals surface area contributed by atoms with E-state index >= 15 is 0 Å². The van der Waals surface area contributed by atoms with Gasteiger partial charge in [0.25, 0.3) is 5.91 Å². The smallest absolute Gasteiger partial charge is 0.276 e. The second kappa shape index (κ2) is 13.9. The zero-order valence-corrected chi connectivity index (χ0v) is 27.0. The van der Waals surface area contributed by atoms with Gasteiger partial charge in [-0.3, -0.25) is 15.1 Å². The van der Waals surface area contributed by atoms with Crippen LogP contribution in [0.3, 0.4) is 0 Å². The van der Waals surface area contributed by atoms with E-state index in [0.717, 1.165) is 38.3 Å². The number of methoxy groups -OCH3 is 1. The molecule has 3 aromatic carbocycles. The van der Waals surface area contributed by atoms with Crippen LogP contribution in [0.1, 0.15) is 56.3 Å². The fourth-order valence-electron chi connectivity index (χ4n) is 4.78. The second-order valence-electron chi connectivity index (χ2n) is 9.73. The number of amides is 1. The van der Waals surface area contributed by atoms with E-state index in [4.69, 9.17) is 19.6 Å². The summed E-state index contributed by atoms with van der Waals surface area (Å²) in [6, 6.07) is 19.5. The molecule has 2 aliphatic heterocycles. The molecule has 0 aromatic heterocycles. The molecular formula is C31H32Br2N4O3S. The van der Waals surface area contributed by atoms with Crippen molar-refractivity contribution in [2.75, 3.05) is 12.9 Å². The van der Waals surface area contributed by atoms with Gasteiger partial charge in [-0.1, -0.05) is 92.9 Å². The van der Waals surface area contributed by atoms with Crippen LogP contribution in [0.25, 0.3) is 5.70 Å². The largest absolute Gasteiger partial charge is 0.493 e. The fraction of sp³-hybridized carbons (Fsp3) is 0.323. The molecule has 0 fully saturated rings. The molecule has 1 atom stereocenters. The Kier molecular flexibility index (Phi) is 10.1. The van der Waals surface area contributed by atoms with Crippen LogP contribution in [-0.2, 0) is 11.4 Å². The Labute approximate surface area is 261 Å². The number of nitrogens with zero attached hydrogens (tertiary/aromatic N) is 3. The normalized spacial score (nSPS) is 15.9. The molecule has 0 saturated carbocycles. The van der Waals surface area contributed by atoms with Gasteiger partial charge < -0.3 is 9.47 Å². The molecule has 0 unspecified atom stereocenters. The summed E-state index contributed by atoms with van der Waals surface area (Å²) < 4.78 is 13.4. The van der Waals surface area contributed by atoms with Crippen molar-refractivity contribution < 1.29 is 14.3 Å². The summed E-state index contributed by atoms with van der Waals surface area (Å²) in [5.74, 6) is 1.83. The molecular weight excluding hydrogens is 668 g/mol. The number of fused-ring (bicyclic) bond motifs is 2. The third-order valence-electron chi connectivity index (χ3n) is 6.88. The maximum absolute atomic E-state index is 13.5. The second-order valence-corrected chi connectivity index (χ2v) is 12.4. The number of hydrazone groups is 1. The summed E-state index contributed by atoms with van der Waals surface area (Å²) >= 11 is 9.08. The van der Waals surface area contributed by atoms with Gasteiger partial charge in [-0.25, -0.2) is 5.01 Å². The molecule has 1 amide bonds. The van der Waals surface area contributed by atoms with Crippen molar-refractivity contribution >= 4 is 60.4 Å². The minimum atomic E-state index is -0.603. The predicted molar refractivity (Wildman–Crippen MR) is 171 cm³/mol. The third kappa shape index (κ3) is 6.65. The molecule has 5 rings (SSSR count). The highest BCUT2D eigenvalue weighted by atomic mass is 79.9. The first-order chi connectivity index (χ1) is 20.0. The van der Waals surface area contributed by atoms with Crippen molar-refractivity contribution in [3.8, 4) is 11.5 Å². The number of para-hydroxylation sites is 1. The van der Waals surface area contributed by atoms with Crippen molar-refractivity contribution in [3.63, 3.8) is 0 Å². The number of ether oxygens (including phenoxy) is 2. The molecule has 0 spiro atoms. The van der Waals surface area contributed by atoms with E-state index in [-0.39, 0.29) is 5.91 Å². The summed E-state index contributed by atoms with van der Waals surface area (Å²) in [6.07, 6.45) is 5.34. The first kappa shape index (κ1) is 29.7. The average molecular weight is 700 g/mol. The Bertz CT molecular complexity index is 1570. The lowest BCUT2D eigenvalue weighted by molar-refractivity contribution is -0.116. The van der Waals surface area contributed by atoms with E-state index in [1.54, 1.807) is 23.9 Å². The van der Waals surface area contributed by atoms with Gasteiger partial charge in [0.1, 0.15) is 12.3 Å². The van der Waals surface area contributed by atoms with Crippen LogP contribution < -0.4 is 25.4 Å². The van der Waals surface area contributed by atoms with Gasteiger partial charge in [0.2, 0.25) is 0 Å². The number of carbonyl (C=O) groups is 1. The van der Waals surface area contributed by atoms with Gasteiger partial charge in [-0.05, 0) is 56.0 Å². The molecule has 1 N–H and O–H groups in total. The average Bonchev–Trinajstić information content (AvgIpc) is 2.99. The van der Waals surface area contributed by atoms with Crippen LogP contribution in [0.15, 0.2) is 79.7 Å². The molecule has 10 heteroatoms. The van der Waals surface area contributed by atoms with E-state index in [2.05, 4.69) is 44.1 Å². The van der Waals surface area contributed by atoms with E-state index < -0.39 is 6.17 Å². The fourth-order valence-corrected chi connectivity index (χ4v) is 6.67. The monoisotopic (exact) mass is 698 g/mol. The number of hydrogen-bond donors (Lipinski definition) is 1. The van der Waals surface area contributed by atoms with Gasteiger partial charge in [-0.15, -0.1) is 5.10 Å². The Hall–Kier alpha value is -2.82. The molecule has 0 bridgehead atoms. The quantitative estimate of drug-likeness (QED) is 0.227. The van der Waals surface area contributed by atoms with Crippen LogP contribution in [0.4, 0.5) is 0 Å². The molecule has 0 radical (unpaired) electrons. The minimum Gasteiger partial charge on any atom is -0.493 e. The molecule has 41 heavy (non-hydrogen) atoms. The Morgan fingerprint density at radius 1 is 1.00 bits per heavy atom. The van der Waals surface area contributed by atoms with Crippen LogP contribution in [0.5, 0.6) is 11.5 Å². The van der Waals surface area contributed by atoms with E-state index in [1.807, 2.05) is 60.7 Å². The number of halogens is 2. The number of amidine groups is 1. The maximum atomic E-state index is 13.5. The number of benzene rings is 3. The summed E-state index contributed by atoms with van der Waals surface area (Å²) in [5, 5.41) is 11.7. The maximum Gasteiger partial charge on any atom is 0.276 e. The van der Waals surface area contributed by atoms with Gasteiger partial charge in [0.15, 0.2) is 22.8 Å². The third-order valence-corrected chi connectivity index (χ3v) is 9.98. The Morgan fingerprint density at radius 2 is 1.76 bits per heavy atom. The molecule has 2 heterocycles. The van der Waals surface area contributed by atoms with Crippen LogP contribution >= 0.6 is 43.6 Å². The van der Waals surface area contributed by atoms with E-state index in [9.17, 15) is 4.79 Å². The highest BCUT2D eigenvalue weighted by Crippen LogP contribution is 2.47. The molecule has 2 aliphatic rings. The highest BCUT2D eigenvalue weighted by molar-refractivity contribution is 9.13. The van der Waals surface area contributed by atoms with E-state index in [1.165, 1.54) is 25.7 Å². The SMILES string of the molecule is CCCCCCCSC1=NN2C(=c3ccccc3=N[C@H]2c2cc(OC)c(OCc3ccccc3)c(Br)c2Br)C(=O)N1. The zero-order valence-electron chi connectivity index (χ0n) is 23.0. The number of hydrogen-bond acceptors (Lipinski definition) is 7. The number of rotatable bonds is 11. The summed E-state index contributed by atoms with van der Waals surface area (Å²) in [7, 11) is 1.61. The number of thioether (sulfide) groups is 1. The van der Waals surface area contributed by atoms with Gasteiger partial charge in [0.05, 0.1) is 16.9 Å². The lowest BCUT2D eigenvalue weighted by atomic mass is 10.1. The molecule has 3 aromatic rings. The van der Waals surface area contributed by atoms with Crippen LogP contribution in [-0.4, -0.2) is 28.9 Å². The summed E-state index contributed by atoms with van der Waals surface area (Å²) in [4.78, 5) is 18.6. The number of unbranched alkanes of at least 4 members (excludes halogenated alkanes) is 4. The van der Waals surface area contributed by atoms with Crippen molar-refractivity contribution in [2.45, 2.75) is 51.8 Å². The van der Waals surface area contributed by atoms with Crippen molar-refractivity contribution in [1.29, 1.82) is 0 Å². The van der Waals surface area contributed by atoms with E-state index in [0.29, 0.717) is 33.4 Å². The molecule has 0 aliphatic carbocycles. The van der Waals surface area contributed by atoms with Gasteiger partial charge >= 0.3 is 0 Å². The predicted octanol–water partition coefficient (Wildman–Crippen LogP) is 6.65. The molecule has 7 nitrogen and oxygen atoms in total. The standard InChI is InChI=1S/C31H32Br2N4O3S/c1-3-4-5-6-12-17-41-31-35-30(38)27-21-15-10-11-16-23(21)34-29(37(27)36-31)22-18-24(39-2)28(26(33)25(22)32)40-19-20-13-8-7-9-14-20/h7-11,13-16,18,29H,3-6,12,17,19H2,1-2H3,(H,35,36,38)/t29-/m1/s1. The van der Waals surface area contributed by atoms with Crippen LogP contribution in [0.2, 0.25) is 0 Å². The van der Waals surface area contributed by atoms with Crippen molar-refractivity contribution in [1.82, 2.24) is 10.3 Å². The lowest BCUT2D eigenvalue weighted by Crippen LogP contribution is -2.50. The number of nitrogens with one attached hydrogen (secondary N) is 1. The molecule has 214 valence electrons. The lowest BCUT2D eigenvalue weighted by Gasteiger charge is -2.34. The van der Waals surface area contributed by atoms with Gasteiger partial charge in [0, 0.05) is 21.0 Å². The van der Waals surface area contributed by atoms with Gasteiger partial charge in [-0.2, -0.15) is 0 Å². The van der Waals surface area contributed by atoms with Crippen molar-refractivity contribution in [3.05, 3.63) is 91.3 Å². The Morgan fingerprint density at radius 3 is 2.54 bits per heavy atom. The number of carbonyl (C=O) groups excluding carboxylic acids is 1. The minimum absolute atomic E-state index is 0.189. The van der Waals surface area contributed by atoms with Crippen LogP contribution in [0, 0.1) is 0 Å². The highest BCUT2D eigenvalue weighted by Gasteiger charge is 2.36. The first-order valence-corrected chi connectivity index (χ1v) is 16.3. The first-order valence-electron chi connectivity index (χ1n) is 13.7.